The van der Waals surface area contributed by atoms with Gasteiger partial charge in [-0.3, -0.25) is 19.4 Å². The van der Waals surface area contributed by atoms with Gasteiger partial charge in [0.05, 0.1) is 26.6 Å². The molecule has 1 aliphatic heterocycles. The number of hydrogen-bond acceptors (Lipinski definition) is 7. The maximum Gasteiger partial charge on any atom is 0.304 e. The molecule has 9 heteroatoms. The fourth-order valence-corrected chi connectivity index (χ4v) is 3.27. The van der Waals surface area contributed by atoms with E-state index < -0.39 is 11.9 Å². The van der Waals surface area contributed by atoms with E-state index in [1.165, 1.54) is 7.11 Å². The molecule has 1 saturated heterocycles. The zero-order chi connectivity index (χ0) is 29.3. The number of carbonyl (C=O) groups is 2. The Balaban J connectivity index is 2.82. The molecule has 9 nitrogen and oxygen atoms in total. The highest BCUT2D eigenvalue weighted by atomic mass is 17.2. The summed E-state index contributed by atoms with van der Waals surface area (Å²) in [4.78, 5) is 37.8. The summed E-state index contributed by atoms with van der Waals surface area (Å²) >= 11 is 0. The molecule has 204 valence electrons. The summed E-state index contributed by atoms with van der Waals surface area (Å²) in [6.07, 6.45) is -0.372. The molecule has 0 aromatic heterocycles. The van der Waals surface area contributed by atoms with E-state index >= 15 is 0 Å². The zero-order valence-electron chi connectivity index (χ0n) is 22.5. The summed E-state index contributed by atoms with van der Waals surface area (Å²) in [7, 11) is 1.44. The van der Waals surface area contributed by atoms with Gasteiger partial charge in [-0.2, -0.15) is 0 Å². The molecule has 40 heavy (non-hydrogen) atoms. The second kappa shape index (κ2) is 22.2. The molecule has 0 aromatic rings. The fraction of sp³-hybridized carbons (Fsp3) is 0.419. The zero-order valence-corrected chi connectivity index (χ0v) is 22.5. The van der Waals surface area contributed by atoms with Gasteiger partial charge in [-0.1, -0.05) is 11.8 Å². The molecule has 1 heterocycles. The largest absolute Gasteiger partial charge is 0.481 e. The lowest BCUT2D eigenvalue weighted by Crippen LogP contribution is -2.43. The van der Waals surface area contributed by atoms with Gasteiger partial charge in [0.15, 0.2) is 0 Å². The Morgan fingerprint density at radius 2 is 1.18 bits per heavy atom. The minimum Gasteiger partial charge on any atom is -0.481 e. The Hall–Kier alpha value is -4.78. The molecular formula is C31H29N3O6. The van der Waals surface area contributed by atoms with E-state index in [4.69, 9.17) is 15.1 Å². The van der Waals surface area contributed by atoms with Crippen LogP contribution >= 0.6 is 0 Å². The van der Waals surface area contributed by atoms with E-state index in [0.717, 1.165) is 13.1 Å². The van der Waals surface area contributed by atoms with Crippen LogP contribution in [0.3, 0.4) is 0 Å². The van der Waals surface area contributed by atoms with Crippen molar-refractivity contribution in [1.82, 2.24) is 14.7 Å². The van der Waals surface area contributed by atoms with Crippen LogP contribution in [0.1, 0.15) is 19.8 Å². The van der Waals surface area contributed by atoms with Crippen LogP contribution in [0, 0.1) is 94.7 Å². The summed E-state index contributed by atoms with van der Waals surface area (Å²) in [6, 6.07) is 0. The molecule has 1 unspecified atom stereocenters. The lowest BCUT2D eigenvalue weighted by atomic mass is 10.3. The molecule has 0 amide bonds. The molecule has 2 N–H and O–H groups in total. The molecule has 0 aromatic carbocycles. The average Bonchev–Trinajstić information content (AvgIpc) is 3.31. The predicted octanol–water partition coefficient (Wildman–Crippen LogP) is -0.193. The Labute approximate surface area is 236 Å². The highest BCUT2D eigenvalue weighted by molar-refractivity contribution is 5.67. The lowest BCUT2D eigenvalue weighted by Gasteiger charge is -2.28. The molecule has 0 radical (unpaired) electrons. The summed E-state index contributed by atoms with van der Waals surface area (Å²) < 4.78 is 0. The second-order valence-corrected chi connectivity index (χ2v) is 7.71. The first-order chi connectivity index (χ1) is 19.5. The van der Waals surface area contributed by atoms with Crippen molar-refractivity contribution < 1.29 is 29.6 Å². The standard InChI is InChI=1S/C31H29N3O6/c1-3-4-5-6-7-8-9-10-11-12-13-14-15-16-17-18-29-33(25-26-34(29)27-28-40-39-2)24-23-32(21-19-30(35)36)22-20-31(37)38/h29H,19-28H2,1-2H3,(H,35,36)(H,37,38). The van der Waals surface area contributed by atoms with E-state index in [0.29, 0.717) is 26.2 Å². The molecule has 1 aliphatic rings. The molecule has 0 aliphatic carbocycles. The summed E-state index contributed by atoms with van der Waals surface area (Å²) in [5.74, 6) is 40.1. The maximum atomic E-state index is 11.0. The third-order valence-electron chi connectivity index (χ3n) is 5.07. The molecule has 0 saturated carbocycles. The second-order valence-electron chi connectivity index (χ2n) is 7.71. The van der Waals surface area contributed by atoms with Crippen molar-refractivity contribution in [2.45, 2.75) is 25.9 Å². The molecule has 1 rings (SSSR count). The van der Waals surface area contributed by atoms with Crippen LogP contribution in [0.5, 0.6) is 0 Å². The van der Waals surface area contributed by atoms with Gasteiger partial charge in [0, 0.05) is 45.8 Å². The summed E-state index contributed by atoms with van der Waals surface area (Å²) in [5, 5.41) is 18.0. The van der Waals surface area contributed by atoms with Crippen LogP contribution in [0.25, 0.3) is 0 Å². The Kier molecular flexibility index (Phi) is 18.5. The van der Waals surface area contributed by atoms with Crippen LogP contribution < -0.4 is 0 Å². The maximum absolute atomic E-state index is 11.0. The Bertz CT molecular complexity index is 1360. The fourth-order valence-electron chi connectivity index (χ4n) is 3.27. The summed E-state index contributed by atoms with van der Waals surface area (Å²) in [6.45, 7) is 5.72. The minimum atomic E-state index is -0.927. The normalized spacial score (nSPS) is 13.1. The van der Waals surface area contributed by atoms with Crippen LogP contribution in [-0.2, 0) is 19.4 Å². The molecular weight excluding hydrogens is 510 g/mol. The van der Waals surface area contributed by atoms with Gasteiger partial charge in [-0.05, 0) is 89.8 Å². The van der Waals surface area contributed by atoms with Crippen LogP contribution in [-0.4, -0.2) is 103 Å². The molecule has 1 atom stereocenters. The van der Waals surface area contributed by atoms with Gasteiger partial charge in [0.25, 0.3) is 0 Å². The van der Waals surface area contributed by atoms with E-state index in [9.17, 15) is 9.59 Å². The van der Waals surface area contributed by atoms with Crippen LogP contribution in [0.2, 0.25) is 0 Å². The van der Waals surface area contributed by atoms with Gasteiger partial charge < -0.3 is 15.1 Å². The minimum absolute atomic E-state index is 0.0602. The SMILES string of the molecule is CC#CC#CC#CC#CC#CC#CC#CC#CC1N(CCOOC)CCN1CCN(CCC(=O)O)CCC(=O)O. The number of aliphatic carboxylic acids is 2. The van der Waals surface area contributed by atoms with Crippen molar-refractivity contribution in [1.29, 1.82) is 0 Å². The van der Waals surface area contributed by atoms with Crippen molar-refractivity contribution in [2.75, 3.05) is 59.5 Å². The quantitative estimate of drug-likeness (QED) is 0.143. The van der Waals surface area contributed by atoms with E-state index in [1.54, 1.807) is 6.92 Å². The summed E-state index contributed by atoms with van der Waals surface area (Å²) in [5.41, 5.74) is 0. The molecule has 0 bridgehead atoms. The van der Waals surface area contributed by atoms with Gasteiger partial charge in [0.1, 0.15) is 6.17 Å². The van der Waals surface area contributed by atoms with Crippen molar-refractivity contribution in [3.63, 3.8) is 0 Å². The van der Waals surface area contributed by atoms with E-state index in [2.05, 4.69) is 109 Å². The third-order valence-corrected chi connectivity index (χ3v) is 5.07. The van der Waals surface area contributed by atoms with E-state index in [1.807, 2.05) is 4.90 Å². The highest BCUT2D eigenvalue weighted by Crippen LogP contribution is 2.14. The van der Waals surface area contributed by atoms with Gasteiger partial charge in [0.2, 0.25) is 0 Å². The topological polar surface area (TPSA) is 103 Å². The Morgan fingerprint density at radius 3 is 1.62 bits per heavy atom. The highest BCUT2D eigenvalue weighted by Gasteiger charge is 2.30. The number of carboxylic acid groups (broad SMARTS) is 2. The van der Waals surface area contributed by atoms with Crippen molar-refractivity contribution >= 4 is 11.9 Å². The number of carboxylic acids is 2. The average molecular weight is 540 g/mol. The number of rotatable bonds is 13. The van der Waals surface area contributed by atoms with Crippen LogP contribution in [0.15, 0.2) is 0 Å². The monoisotopic (exact) mass is 539 g/mol. The molecule has 0 spiro atoms. The lowest BCUT2D eigenvalue weighted by molar-refractivity contribution is -0.273. The predicted molar refractivity (Wildman–Crippen MR) is 149 cm³/mol. The number of hydrogen-bond donors (Lipinski definition) is 2. The first kappa shape index (κ1) is 33.2. The smallest absolute Gasteiger partial charge is 0.304 e. The first-order valence-corrected chi connectivity index (χ1v) is 12.2. The Morgan fingerprint density at radius 1 is 0.725 bits per heavy atom. The van der Waals surface area contributed by atoms with Crippen molar-refractivity contribution in [3.05, 3.63) is 0 Å². The number of nitrogens with zero attached hydrogens (tertiary/aromatic N) is 3. The van der Waals surface area contributed by atoms with Crippen molar-refractivity contribution in [2.24, 2.45) is 0 Å². The molecule has 1 fully saturated rings. The van der Waals surface area contributed by atoms with Gasteiger partial charge in [-0.15, -0.1) is 0 Å². The van der Waals surface area contributed by atoms with Crippen molar-refractivity contribution in [3.8, 4) is 94.7 Å². The van der Waals surface area contributed by atoms with Gasteiger partial charge in [-0.25, -0.2) is 9.78 Å². The van der Waals surface area contributed by atoms with Gasteiger partial charge >= 0.3 is 11.9 Å². The first-order valence-electron chi connectivity index (χ1n) is 12.2. The van der Waals surface area contributed by atoms with E-state index in [-0.39, 0.29) is 32.1 Å². The third kappa shape index (κ3) is 16.9. The van der Waals surface area contributed by atoms with Crippen LogP contribution in [0.4, 0.5) is 0 Å².